The number of hydrogen-bond donors (Lipinski definition) is 3. The van der Waals surface area contributed by atoms with E-state index in [1.54, 1.807) is 0 Å². The zero-order valence-electron chi connectivity index (χ0n) is 15.7. The van der Waals surface area contributed by atoms with Gasteiger partial charge in [-0.1, -0.05) is 12.1 Å². The predicted molar refractivity (Wildman–Crippen MR) is 109 cm³/mol. The number of fused-ring (bicyclic) bond motifs is 2. The number of benzene rings is 1. The Bertz CT molecular complexity index is 1020. The summed E-state index contributed by atoms with van der Waals surface area (Å²) >= 11 is 0. The van der Waals surface area contributed by atoms with Crippen LogP contribution in [-0.2, 0) is 17.9 Å². The lowest BCUT2D eigenvalue weighted by molar-refractivity contribution is -0.120. The van der Waals surface area contributed by atoms with Crippen molar-refractivity contribution < 1.29 is 4.79 Å². The second-order valence-electron chi connectivity index (χ2n) is 7.55. The van der Waals surface area contributed by atoms with Crippen molar-refractivity contribution in [1.82, 2.24) is 25.2 Å². The number of aromatic nitrogens is 3. The Kier molecular flexibility index (Phi) is 4.54. The minimum absolute atomic E-state index is 0.0181. The molecule has 1 saturated heterocycles. The van der Waals surface area contributed by atoms with Crippen molar-refractivity contribution in [2.75, 3.05) is 25.0 Å². The summed E-state index contributed by atoms with van der Waals surface area (Å²) in [7, 11) is 0. The first-order chi connectivity index (χ1) is 13.8. The number of carbonyl (C=O) groups is 1. The van der Waals surface area contributed by atoms with E-state index in [2.05, 4.69) is 48.7 Å². The summed E-state index contributed by atoms with van der Waals surface area (Å²) in [4.78, 5) is 21.5. The maximum atomic E-state index is 12.5. The average Bonchev–Trinajstić information content (AvgIpc) is 3.18. The molecule has 2 aromatic heterocycles. The second-order valence-corrected chi connectivity index (χ2v) is 7.55. The van der Waals surface area contributed by atoms with E-state index < -0.39 is 0 Å². The number of anilines is 1. The number of nitrogens with zero attached hydrogens (tertiary/aromatic N) is 3. The van der Waals surface area contributed by atoms with Crippen LogP contribution in [0.3, 0.4) is 0 Å². The van der Waals surface area contributed by atoms with Gasteiger partial charge in [0.15, 0.2) is 0 Å². The van der Waals surface area contributed by atoms with Gasteiger partial charge in [-0.2, -0.15) is 0 Å². The monoisotopic (exact) mass is 376 g/mol. The molecule has 0 bridgehead atoms. The molecule has 28 heavy (non-hydrogen) atoms. The van der Waals surface area contributed by atoms with Gasteiger partial charge in [0.05, 0.1) is 24.4 Å². The minimum atomic E-state index is 0.0181. The van der Waals surface area contributed by atoms with E-state index in [1.807, 2.05) is 18.5 Å². The number of nitrogens with one attached hydrogen (secondary N) is 3. The van der Waals surface area contributed by atoms with Crippen molar-refractivity contribution >= 4 is 22.5 Å². The van der Waals surface area contributed by atoms with E-state index in [0.29, 0.717) is 5.82 Å². The third kappa shape index (κ3) is 3.27. The van der Waals surface area contributed by atoms with Gasteiger partial charge in [-0.15, -0.1) is 0 Å². The molecule has 2 aliphatic rings. The Balaban J connectivity index is 1.43. The van der Waals surface area contributed by atoms with Crippen LogP contribution in [0.4, 0.5) is 5.82 Å². The van der Waals surface area contributed by atoms with E-state index in [-0.39, 0.29) is 11.8 Å². The Hall–Kier alpha value is -2.77. The molecule has 5 rings (SSSR count). The lowest BCUT2D eigenvalue weighted by Gasteiger charge is -2.21. The van der Waals surface area contributed by atoms with Gasteiger partial charge in [0.2, 0.25) is 5.91 Å². The third-order valence-corrected chi connectivity index (χ3v) is 5.67. The van der Waals surface area contributed by atoms with E-state index in [4.69, 9.17) is 0 Å². The molecule has 4 heterocycles. The van der Waals surface area contributed by atoms with Crippen LogP contribution in [0, 0.1) is 5.92 Å². The summed E-state index contributed by atoms with van der Waals surface area (Å²) in [5.41, 5.74) is 2.27. The number of hydrogen-bond acceptors (Lipinski definition) is 5. The molecule has 3 aromatic rings. The lowest BCUT2D eigenvalue weighted by atomic mass is 9.99. The summed E-state index contributed by atoms with van der Waals surface area (Å²) < 4.78 is 2.28. The number of rotatable bonds is 3. The number of imidazole rings is 1. The van der Waals surface area contributed by atoms with Gasteiger partial charge < -0.3 is 20.5 Å². The molecule has 3 N–H and O–H groups in total. The van der Waals surface area contributed by atoms with Gasteiger partial charge in [-0.25, -0.2) is 9.97 Å². The molecular weight excluding hydrogens is 352 g/mol. The van der Waals surface area contributed by atoms with Crippen LogP contribution in [0.1, 0.15) is 18.7 Å². The highest BCUT2D eigenvalue weighted by atomic mass is 16.2. The number of pyridine rings is 1. The number of amides is 1. The van der Waals surface area contributed by atoms with Crippen molar-refractivity contribution in [2.24, 2.45) is 5.92 Å². The van der Waals surface area contributed by atoms with Crippen molar-refractivity contribution in [2.45, 2.75) is 25.9 Å². The highest BCUT2D eigenvalue weighted by molar-refractivity contribution is 5.95. The molecule has 1 fully saturated rings. The Morgan fingerprint density at radius 1 is 1.11 bits per heavy atom. The first-order valence-electron chi connectivity index (χ1n) is 9.95. The molecular formula is C21H24N6O. The van der Waals surface area contributed by atoms with E-state index >= 15 is 0 Å². The fourth-order valence-corrected chi connectivity index (χ4v) is 4.10. The van der Waals surface area contributed by atoms with Gasteiger partial charge in [0.25, 0.3) is 0 Å². The maximum Gasteiger partial charge on any atom is 0.229 e. The highest BCUT2D eigenvalue weighted by Crippen LogP contribution is 2.27. The summed E-state index contributed by atoms with van der Waals surface area (Å²) in [6.45, 7) is 4.43. The van der Waals surface area contributed by atoms with Crippen molar-refractivity contribution in [3.63, 3.8) is 0 Å². The number of piperidine rings is 1. The van der Waals surface area contributed by atoms with Crippen LogP contribution < -0.4 is 16.0 Å². The van der Waals surface area contributed by atoms with E-state index in [1.165, 1.54) is 0 Å². The number of carbonyl (C=O) groups excluding carboxylic acids is 1. The standard InChI is InChI=1S/C21H24N6O/c28-21(16-2-1-5-22-10-16)26-19-9-17-8-14(3-4-15(17)11-24-19)18-12-25-20-13-23-6-7-27(18)20/h3-4,8-9,11-12,16,22-23H,1-2,5-7,10,13H2,(H,24,26,28)/t16-/m1/s1. The predicted octanol–water partition coefficient (Wildman–Crippen LogP) is 2.14. The normalized spacial score (nSPS) is 19.4. The van der Waals surface area contributed by atoms with E-state index in [0.717, 1.165) is 73.4 Å². The lowest BCUT2D eigenvalue weighted by Crippen LogP contribution is -2.37. The van der Waals surface area contributed by atoms with Crippen LogP contribution in [0.5, 0.6) is 0 Å². The van der Waals surface area contributed by atoms with Crippen LogP contribution in [-0.4, -0.2) is 40.1 Å². The molecule has 0 saturated carbocycles. The Morgan fingerprint density at radius 3 is 2.96 bits per heavy atom. The average molecular weight is 376 g/mol. The zero-order valence-corrected chi connectivity index (χ0v) is 15.7. The maximum absolute atomic E-state index is 12.5. The van der Waals surface area contributed by atoms with E-state index in [9.17, 15) is 4.79 Å². The molecule has 1 amide bonds. The highest BCUT2D eigenvalue weighted by Gasteiger charge is 2.21. The molecule has 0 unspecified atom stereocenters. The molecule has 7 heteroatoms. The third-order valence-electron chi connectivity index (χ3n) is 5.67. The molecule has 0 spiro atoms. The first-order valence-corrected chi connectivity index (χ1v) is 9.95. The van der Waals surface area contributed by atoms with Crippen LogP contribution in [0.15, 0.2) is 36.7 Å². The molecule has 1 atom stereocenters. The summed E-state index contributed by atoms with van der Waals surface area (Å²) in [6, 6.07) is 8.31. The SMILES string of the molecule is O=C(Nc1cc2cc(-c3cnc4n3CCNC4)ccc2cn1)[C@@H]1CCCNC1. The summed E-state index contributed by atoms with van der Waals surface area (Å²) in [5, 5.41) is 11.7. The molecule has 1 aromatic carbocycles. The molecule has 2 aliphatic heterocycles. The molecule has 0 aliphatic carbocycles. The van der Waals surface area contributed by atoms with Crippen LogP contribution >= 0.6 is 0 Å². The topological polar surface area (TPSA) is 83.9 Å². The van der Waals surface area contributed by atoms with Crippen molar-refractivity contribution in [3.05, 3.63) is 42.5 Å². The Labute approximate surface area is 163 Å². The summed E-state index contributed by atoms with van der Waals surface area (Å²) in [5.74, 6) is 1.75. The first kappa shape index (κ1) is 17.3. The van der Waals surface area contributed by atoms with Gasteiger partial charge >= 0.3 is 0 Å². The van der Waals surface area contributed by atoms with Crippen molar-refractivity contribution in [1.29, 1.82) is 0 Å². The second kappa shape index (κ2) is 7.33. The molecule has 144 valence electrons. The minimum Gasteiger partial charge on any atom is -0.326 e. The Morgan fingerprint density at radius 2 is 2.07 bits per heavy atom. The van der Waals surface area contributed by atoms with Gasteiger partial charge in [0, 0.05) is 36.8 Å². The molecule has 0 radical (unpaired) electrons. The quantitative estimate of drug-likeness (QED) is 0.652. The van der Waals surface area contributed by atoms with Crippen LogP contribution in [0.25, 0.3) is 22.0 Å². The van der Waals surface area contributed by atoms with Gasteiger partial charge in [-0.05, 0) is 36.9 Å². The van der Waals surface area contributed by atoms with Crippen LogP contribution in [0.2, 0.25) is 0 Å². The van der Waals surface area contributed by atoms with Gasteiger partial charge in [-0.3, -0.25) is 4.79 Å². The molecule has 7 nitrogen and oxygen atoms in total. The smallest absolute Gasteiger partial charge is 0.229 e. The largest absolute Gasteiger partial charge is 0.326 e. The zero-order chi connectivity index (χ0) is 18.9. The summed E-state index contributed by atoms with van der Waals surface area (Å²) in [6.07, 6.45) is 5.74. The fraction of sp³-hybridized carbons (Fsp3) is 0.381. The fourth-order valence-electron chi connectivity index (χ4n) is 4.10. The van der Waals surface area contributed by atoms with Gasteiger partial charge in [0.1, 0.15) is 11.6 Å². The van der Waals surface area contributed by atoms with Crippen molar-refractivity contribution in [3.8, 4) is 11.3 Å².